The Balaban J connectivity index is 3.39. The zero-order chi connectivity index (χ0) is 14.6. The number of benzene rings is 1. The molecule has 1 unspecified atom stereocenters. The van der Waals surface area contributed by atoms with Crippen molar-refractivity contribution >= 4 is 5.69 Å². The molecule has 0 aliphatic rings. The van der Waals surface area contributed by atoms with E-state index in [1.807, 2.05) is 13.8 Å². The number of nitrogens with two attached hydrogens (primary N) is 1. The van der Waals surface area contributed by atoms with Gasteiger partial charge in [-0.3, -0.25) is 10.1 Å². The number of methoxy groups -OCH3 is 2. The highest BCUT2D eigenvalue weighted by atomic mass is 16.6. The Morgan fingerprint density at radius 2 is 1.84 bits per heavy atom. The molecule has 0 bridgehead atoms. The van der Waals surface area contributed by atoms with E-state index in [-0.39, 0.29) is 11.6 Å². The highest BCUT2D eigenvalue weighted by molar-refractivity contribution is 5.55. The summed E-state index contributed by atoms with van der Waals surface area (Å²) in [6, 6.07) is 2.54. The molecule has 0 fully saturated rings. The lowest BCUT2D eigenvalue weighted by Crippen LogP contribution is -2.20. The summed E-state index contributed by atoms with van der Waals surface area (Å²) in [5.41, 5.74) is 6.53. The Kier molecular flexibility index (Phi) is 5.11. The van der Waals surface area contributed by atoms with Crippen LogP contribution in [0.15, 0.2) is 12.1 Å². The van der Waals surface area contributed by atoms with Gasteiger partial charge in [0.2, 0.25) is 0 Å². The van der Waals surface area contributed by atoms with Gasteiger partial charge in [-0.1, -0.05) is 20.3 Å². The lowest BCUT2D eigenvalue weighted by molar-refractivity contribution is -0.385. The van der Waals surface area contributed by atoms with E-state index in [2.05, 4.69) is 0 Å². The minimum absolute atomic E-state index is 0.0366. The van der Waals surface area contributed by atoms with Crippen molar-refractivity contribution in [1.82, 2.24) is 0 Å². The van der Waals surface area contributed by atoms with Crippen molar-refractivity contribution < 1.29 is 14.4 Å². The van der Waals surface area contributed by atoms with Crippen LogP contribution in [0.3, 0.4) is 0 Å². The van der Waals surface area contributed by atoms with Crippen molar-refractivity contribution in [2.75, 3.05) is 14.2 Å². The fraction of sp³-hybridized carbons (Fsp3) is 0.538. The first-order chi connectivity index (χ1) is 8.96. The molecule has 106 valence electrons. The van der Waals surface area contributed by atoms with Gasteiger partial charge in [0.15, 0.2) is 11.5 Å². The van der Waals surface area contributed by atoms with Crippen molar-refractivity contribution in [3.05, 3.63) is 27.8 Å². The molecule has 6 nitrogen and oxygen atoms in total. The van der Waals surface area contributed by atoms with Crippen LogP contribution in [0.2, 0.25) is 0 Å². The summed E-state index contributed by atoms with van der Waals surface area (Å²) in [5.74, 6) is 0.910. The number of hydrogen-bond acceptors (Lipinski definition) is 5. The first-order valence-electron chi connectivity index (χ1n) is 6.12. The van der Waals surface area contributed by atoms with Gasteiger partial charge in [0, 0.05) is 6.04 Å². The Labute approximate surface area is 112 Å². The molecular formula is C13H20N2O4. The standard InChI is InChI=1S/C13H20N2O4/c1-5-8(2)13(14)9-6-11(18-3)12(19-4)7-10(9)15(16)17/h6-8,13H,5,14H2,1-4H3/t8?,13-/m0/s1. The SMILES string of the molecule is CCC(C)[C@H](N)c1cc(OC)c(OC)cc1[N+](=O)[O-]. The minimum atomic E-state index is -0.445. The molecule has 0 aromatic heterocycles. The normalized spacial score (nSPS) is 13.7. The smallest absolute Gasteiger partial charge is 0.278 e. The second kappa shape index (κ2) is 6.38. The Morgan fingerprint density at radius 1 is 1.32 bits per heavy atom. The summed E-state index contributed by atoms with van der Waals surface area (Å²) in [6.45, 7) is 3.96. The summed E-state index contributed by atoms with van der Waals surface area (Å²) in [6.07, 6.45) is 0.840. The summed E-state index contributed by atoms with van der Waals surface area (Å²) in [7, 11) is 2.93. The van der Waals surface area contributed by atoms with E-state index in [1.54, 1.807) is 6.07 Å². The molecule has 2 atom stereocenters. The molecule has 1 aromatic rings. The van der Waals surface area contributed by atoms with Crippen molar-refractivity contribution in [2.45, 2.75) is 26.3 Å². The number of nitrogens with zero attached hydrogens (tertiary/aromatic N) is 1. The molecule has 0 heterocycles. The summed E-state index contributed by atoms with van der Waals surface area (Å²) < 4.78 is 10.3. The maximum atomic E-state index is 11.2. The number of rotatable bonds is 6. The van der Waals surface area contributed by atoms with Crippen LogP contribution in [0.5, 0.6) is 11.5 Å². The van der Waals surface area contributed by atoms with Crippen molar-refractivity contribution in [2.24, 2.45) is 11.7 Å². The molecule has 0 radical (unpaired) electrons. The Bertz CT molecular complexity index is 462. The van der Waals surface area contributed by atoms with Crippen LogP contribution in [0.25, 0.3) is 0 Å². The maximum Gasteiger partial charge on any atom is 0.278 e. The van der Waals surface area contributed by atoms with Crippen LogP contribution < -0.4 is 15.2 Å². The Hall–Kier alpha value is -1.82. The van der Waals surface area contributed by atoms with Gasteiger partial charge in [0.05, 0.1) is 30.8 Å². The predicted molar refractivity (Wildman–Crippen MR) is 72.6 cm³/mol. The fourth-order valence-corrected chi connectivity index (χ4v) is 1.87. The molecule has 0 saturated carbocycles. The van der Waals surface area contributed by atoms with Gasteiger partial charge in [0.1, 0.15) is 0 Å². The minimum Gasteiger partial charge on any atom is -0.493 e. The van der Waals surface area contributed by atoms with E-state index in [1.165, 1.54) is 20.3 Å². The molecule has 0 aliphatic carbocycles. The topological polar surface area (TPSA) is 87.6 Å². The molecule has 1 rings (SSSR count). The van der Waals surface area contributed by atoms with E-state index in [0.717, 1.165) is 6.42 Å². The van der Waals surface area contributed by atoms with E-state index in [4.69, 9.17) is 15.2 Å². The van der Waals surface area contributed by atoms with Crippen molar-refractivity contribution in [3.63, 3.8) is 0 Å². The van der Waals surface area contributed by atoms with E-state index >= 15 is 0 Å². The average Bonchev–Trinajstić information content (AvgIpc) is 2.43. The first-order valence-corrected chi connectivity index (χ1v) is 6.12. The van der Waals surface area contributed by atoms with E-state index < -0.39 is 11.0 Å². The van der Waals surface area contributed by atoms with Gasteiger partial charge in [-0.25, -0.2) is 0 Å². The van der Waals surface area contributed by atoms with Gasteiger partial charge in [-0.15, -0.1) is 0 Å². The van der Waals surface area contributed by atoms with Crippen LogP contribution in [0, 0.1) is 16.0 Å². The molecule has 1 aromatic carbocycles. The number of hydrogen-bond donors (Lipinski definition) is 1. The third-order valence-corrected chi connectivity index (χ3v) is 3.35. The molecule has 2 N–H and O–H groups in total. The predicted octanol–water partition coefficient (Wildman–Crippen LogP) is 2.66. The zero-order valence-electron chi connectivity index (χ0n) is 11.7. The lowest BCUT2D eigenvalue weighted by Gasteiger charge is -2.20. The lowest BCUT2D eigenvalue weighted by atomic mass is 9.92. The average molecular weight is 268 g/mol. The van der Waals surface area contributed by atoms with Crippen LogP contribution in [-0.4, -0.2) is 19.1 Å². The Morgan fingerprint density at radius 3 is 2.26 bits per heavy atom. The molecule has 0 saturated heterocycles. The molecule has 0 spiro atoms. The van der Waals surface area contributed by atoms with Crippen LogP contribution in [0.4, 0.5) is 5.69 Å². The second-order valence-corrected chi connectivity index (χ2v) is 4.43. The molecule has 6 heteroatoms. The van der Waals surface area contributed by atoms with Gasteiger partial charge >= 0.3 is 0 Å². The summed E-state index contributed by atoms with van der Waals surface area (Å²) in [4.78, 5) is 10.7. The van der Waals surface area contributed by atoms with Gasteiger partial charge in [0.25, 0.3) is 5.69 Å². The monoisotopic (exact) mass is 268 g/mol. The molecule has 0 aliphatic heterocycles. The van der Waals surface area contributed by atoms with Crippen LogP contribution >= 0.6 is 0 Å². The quantitative estimate of drug-likeness (QED) is 0.633. The number of ether oxygens (including phenoxy) is 2. The highest BCUT2D eigenvalue weighted by Gasteiger charge is 2.26. The van der Waals surface area contributed by atoms with E-state index in [0.29, 0.717) is 17.1 Å². The highest BCUT2D eigenvalue weighted by Crippen LogP contribution is 2.38. The first kappa shape index (κ1) is 15.2. The maximum absolute atomic E-state index is 11.2. The summed E-state index contributed by atoms with van der Waals surface area (Å²) >= 11 is 0. The second-order valence-electron chi connectivity index (χ2n) is 4.43. The van der Waals surface area contributed by atoms with Crippen molar-refractivity contribution in [1.29, 1.82) is 0 Å². The van der Waals surface area contributed by atoms with Crippen LogP contribution in [0.1, 0.15) is 31.9 Å². The molecular weight excluding hydrogens is 248 g/mol. The van der Waals surface area contributed by atoms with E-state index in [9.17, 15) is 10.1 Å². The summed E-state index contributed by atoms with van der Waals surface area (Å²) in [5, 5.41) is 11.2. The zero-order valence-corrected chi connectivity index (χ0v) is 11.7. The third-order valence-electron chi connectivity index (χ3n) is 3.35. The van der Waals surface area contributed by atoms with Gasteiger partial charge in [-0.2, -0.15) is 0 Å². The number of nitro groups is 1. The van der Waals surface area contributed by atoms with Gasteiger partial charge < -0.3 is 15.2 Å². The van der Waals surface area contributed by atoms with Gasteiger partial charge in [-0.05, 0) is 12.0 Å². The number of nitro benzene ring substituents is 1. The molecule has 19 heavy (non-hydrogen) atoms. The molecule has 0 amide bonds. The fourth-order valence-electron chi connectivity index (χ4n) is 1.87. The largest absolute Gasteiger partial charge is 0.493 e. The third kappa shape index (κ3) is 3.14. The van der Waals surface area contributed by atoms with Crippen molar-refractivity contribution in [3.8, 4) is 11.5 Å². The van der Waals surface area contributed by atoms with Crippen LogP contribution in [-0.2, 0) is 0 Å².